The minimum absolute atomic E-state index is 0.322. The van der Waals surface area contributed by atoms with Gasteiger partial charge in [-0.1, -0.05) is 0 Å². The van der Waals surface area contributed by atoms with Crippen LogP contribution in [0.25, 0.3) is 0 Å². The second kappa shape index (κ2) is 5.64. The zero-order chi connectivity index (χ0) is 16.5. The summed E-state index contributed by atoms with van der Waals surface area (Å²) in [6.45, 7) is 0. The third kappa shape index (κ3) is 3.34. The third-order valence-electron chi connectivity index (χ3n) is 2.54. The van der Waals surface area contributed by atoms with Crippen molar-refractivity contribution < 1.29 is 26.5 Å². The molecule has 0 unspecified atom stereocenters. The number of anilines is 1. The van der Waals surface area contributed by atoms with Crippen molar-refractivity contribution in [1.29, 1.82) is 0 Å². The van der Waals surface area contributed by atoms with Crippen LogP contribution in [0.4, 0.5) is 24.5 Å². The highest BCUT2D eigenvalue weighted by molar-refractivity contribution is 7.92. The van der Waals surface area contributed by atoms with Crippen LogP contribution in [0, 0.1) is 27.6 Å². The van der Waals surface area contributed by atoms with Crippen molar-refractivity contribution in [2.24, 2.45) is 0 Å². The Bertz CT molecular complexity index is 835. The van der Waals surface area contributed by atoms with Crippen LogP contribution in [0.1, 0.15) is 0 Å². The summed E-state index contributed by atoms with van der Waals surface area (Å²) in [4.78, 5) is 8.84. The Kier molecular flexibility index (Phi) is 4.04. The first-order chi connectivity index (χ1) is 10.2. The van der Waals surface area contributed by atoms with Gasteiger partial charge in [-0.25, -0.2) is 17.2 Å². The smallest absolute Gasteiger partial charge is 0.279 e. The van der Waals surface area contributed by atoms with Gasteiger partial charge in [0.2, 0.25) is 5.82 Å². The molecule has 0 atom stereocenters. The standard InChI is InChI=1S/C12H7F3N2O4S/c13-7-3-8(14)5-10(4-7)22(20,21)16-9-1-2-11(15)12(6-9)17(18)19/h1-6,16H. The highest BCUT2D eigenvalue weighted by Crippen LogP contribution is 2.24. The van der Waals surface area contributed by atoms with Gasteiger partial charge in [-0.2, -0.15) is 4.39 Å². The van der Waals surface area contributed by atoms with Crippen molar-refractivity contribution >= 4 is 21.4 Å². The summed E-state index contributed by atoms with van der Waals surface area (Å²) in [5.41, 5.74) is -1.26. The molecule has 0 aliphatic carbocycles. The van der Waals surface area contributed by atoms with E-state index in [-0.39, 0.29) is 5.69 Å². The van der Waals surface area contributed by atoms with Gasteiger partial charge in [-0.15, -0.1) is 0 Å². The molecule has 0 radical (unpaired) electrons. The molecule has 116 valence electrons. The number of nitrogens with zero attached hydrogens (tertiary/aromatic N) is 1. The van der Waals surface area contributed by atoms with Gasteiger partial charge in [0.15, 0.2) is 0 Å². The van der Waals surface area contributed by atoms with E-state index >= 15 is 0 Å². The molecule has 0 saturated heterocycles. The lowest BCUT2D eigenvalue weighted by Gasteiger charge is -2.08. The van der Waals surface area contributed by atoms with E-state index in [1.807, 2.05) is 4.72 Å². The van der Waals surface area contributed by atoms with Gasteiger partial charge in [0, 0.05) is 12.1 Å². The monoisotopic (exact) mass is 332 g/mol. The van der Waals surface area contributed by atoms with Crippen molar-refractivity contribution in [2.45, 2.75) is 4.90 Å². The molecule has 0 aromatic heterocycles. The maximum Gasteiger partial charge on any atom is 0.306 e. The molecule has 0 aliphatic heterocycles. The molecule has 2 aromatic rings. The number of nitro groups is 1. The van der Waals surface area contributed by atoms with Gasteiger partial charge >= 0.3 is 5.69 Å². The Hall–Kier alpha value is -2.62. The molecular weight excluding hydrogens is 325 g/mol. The van der Waals surface area contributed by atoms with E-state index < -0.39 is 43.0 Å². The van der Waals surface area contributed by atoms with E-state index in [2.05, 4.69) is 0 Å². The normalized spacial score (nSPS) is 11.2. The van der Waals surface area contributed by atoms with Crippen molar-refractivity contribution in [2.75, 3.05) is 4.72 Å². The third-order valence-corrected chi connectivity index (χ3v) is 3.90. The maximum atomic E-state index is 13.2. The summed E-state index contributed by atoms with van der Waals surface area (Å²) in [5.74, 6) is -3.36. The zero-order valence-electron chi connectivity index (χ0n) is 10.6. The predicted octanol–water partition coefficient (Wildman–Crippen LogP) is 2.81. The second-order valence-corrected chi connectivity index (χ2v) is 5.82. The molecule has 0 bridgehead atoms. The fourth-order valence-corrected chi connectivity index (χ4v) is 2.70. The highest BCUT2D eigenvalue weighted by atomic mass is 32.2. The van der Waals surface area contributed by atoms with E-state index in [1.54, 1.807) is 0 Å². The van der Waals surface area contributed by atoms with E-state index in [0.29, 0.717) is 30.3 Å². The first-order valence-electron chi connectivity index (χ1n) is 5.62. The zero-order valence-corrected chi connectivity index (χ0v) is 11.4. The number of sulfonamides is 1. The van der Waals surface area contributed by atoms with Crippen LogP contribution >= 0.6 is 0 Å². The summed E-state index contributed by atoms with van der Waals surface area (Å²) in [6.07, 6.45) is 0. The quantitative estimate of drug-likeness (QED) is 0.689. The Labute approximate surface area is 122 Å². The molecule has 0 fully saturated rings. The largest absolute Gasteiger partial charge is 0.306 e. The molecule has 2 aromatic carbocycles. The molecule has 0 heterocycles. The Morgan fingerprint density at radius 1 is 1.00 bits per heavy atom. The number of nitrogens with one attached hydrogen (secondary N) is 1. The van der Waals surface area contributed by atoms with Crippen molar-refractivity contribution in [3.63, 3.8) is 0 Å². The Morgan fingerprint density at radius 3 is 2.14 bits per heavy atom. The van der Waals surface area contributed by atoms with Gasteiger partial charge in [0.1, 0.15) is 11.6 Å². The van der Waals surface area contributed by atoms with Gasteiger partial charge in [-0.05, 0) is 24.3 Å². The van der Waals surface area contributed by atoms with Gasteiger partial charge in [0.25, 0.3) is 10.0 Å². The number of nitro benzene ring substituents is 1. The highest BCUT2D eigenvalue weighted by Gasteiger charge is 2.20. The maximum absolute atomic E-state index is 13.2. The molecule has 0 aliphatic rings. The SMILES string of the molecule is O=[N+]([O-])c1cc(NS(=O)(=O)c2cc(F)cc(F)c2)ccc1F. The minimum Gasteiger partial charge on any atom is -0.279 e. The number of halogens is 3. The minimum atomic E-state index is -4.39. The van der Waals surface area contributed by atoms with Gasteiger partial charge in [0.05, 0.1) is 15.5 Å². The first kappa shape index (κ1) is 15.8. The topological polar surface area (TPSA) is 89.3 Å². The van der Waals surface area contributed by atoms with Crippen LogP contribution in [-0.4, -0.2) is 13.3 Å². The fraction of sp³-hybridized carbons (Fsp3) is 0. The van der Waals surface area contributed by atoms with E-state index in [1.165, 1.54) is 0 Å². The van der Waals surface area contributed by atoms with Crippen molar-refractivity contribution in [1.82, 2.24) is 0 Å². The summed E-state index contributed by atoms with van der Waals surface area (Å²) in [7, 11) is -4.39. The van der Waals surface area contributed by atoms with Crippen LogP contribution in [0.5, 0.6) is 0 Å². The van der Waals surface area contributed by atoms with Crippen LogP contribution in [0.3, 0.4) is 0 Å². The summed E-state index contributed by atoms with van der Waals surface area (Å²) in [5, 5.41) is 10.6. The first-order valence-corrected chi connectivity index (χ1v) is 7.10. The molecule has 6 nitrogen and oxygen atoms in total. The van der Waals surface area contributed by atoms with Crippen LogP contribution in [0.15, 0.2) is 41.3 Å². The van der Waals surface area contributed by atoms with Crippen molar-refractivity contribution in [3.05, 3.63) is 64.0 Å². The summed E-state index contributed by atoms with van der Waals surface area (Å²) >= 11 is 0. The average Bonchev–Trinajstić information content (AvgIpc) is 2.39. The molecule has 0 spiro atoms. The molecule has 10 heteroatoms. The lowest BCUT2D eigenvalue weighted by atomic mass is 10.3. The second-order valence-electron chi connectivity index (χ2n) is 4.13. The number of rotatable bonds is 4. The van der Waals surface area contributed by atoms with E-state index in [4.69, 9.17) is 0 Å². The Balaban J connectivity index is 2.41. The lowest BCUT2D eigenvalue weighted by Crippen LogP contribution is -2.13. The summed E-state index contributed by atoms with van der Waals surface area (Å²) in [6, 6.07) is 3.93. The van der Waals surface area contributed by atoms with Crippen LogP contribution < -0.4 is 4.72 Å². The number of benzene rings is 2. The molecule has 0 saturated carbocycles. The Morgan fingerprint density at radius 2 is 1.59 bits per heavy atom. The van der Waals surface area contributed by atoms with Gasteiger partial charge in [-0.3, -0.25) is 14.8 Å². The molecule has 0 amide bonds. The van der Waals surface area contributed by atoms with Crippen LogP contribution in [0.2, 0.25) is 0 Å². The average molecular weight is 332 g/mol. The molecule has 1 N–H and O–H groups in total. The summed E-state index contributed by atoms with van der Waals surface area (Å²) < 4.78 is 65.1. The molecule has 2 rings (SSSR count). The fourth-order valence-electron chi connectivity index (χ4n) is 1.61. The van der Waals surface area contributed by atoms with Gasteiger partial charge < -0.3 is 0 Å². The van der Waals surface area contributed by atoms with E-state index in [0.717, 1.165) is 6.07 Å². The van der Waals surface area contributed by atoms with E-state index in [9.17, 15) is 31.7 Å². The lowest BCUT2D eigenvalue weighted by molar-refractivity contribution is -0.387. The van der Waals surface area contributed by atoms with Crippen molar-refractivity contribution in [3.8, 4) is 0 Å². The molecular formula is C12H7F3N2O4S. The predicted molar refractivity (Wildman–Crippen MR) is 70.2 cm³/mol. The van der Waals surface area contributed by atoms with Crippen LogP contribution in [-0.2, 0) is 10.0 Å². The molecule has 22 heavy (non-hydrogen) atoms. The number of hydrogen-bond acceptors (Lipinski definition) is 4. The number of hydrogen-bond donors (Lipinski definition) is 1.